The fraction of sp³-hybridized carbons (Fsp3) is 0.333. The second-order valence-corrected chi connectivity index (χ2v) is 10.3. The van der Waals surface area contributed by atoms with Crippen LogP contribution in [0.1, 0.15) is 62.3 Å². The molecule has 0 spiro atoms. The molecular formula is C24H25Cl5N6O. The number of hydrogen-bond acceptors (Lipinski definition) is 5. The lowest BCUT2D eigenvalue weighted by Gasteiger charge is -2.10. The second kappa shape index (κ2) is 12.6. The average Bonchev–Trinajstić information content (AvgIpc) is 3.44. The third-order valence-corrected chi connectivity index (χ3v) is 6.73. The van der Waals surface area contributed by atoms with E-state index in [4.69, 9.17) is 58.0 Å². The van der Waals surface area contributed by atoms with E-state index in [9.17, 15) is 5.11 Å². The molecule has 2 aromatic carbocycles. The lowest BCUT2D eigenvalue weighted by Crippen LogP contribution is -2.05. The fourth-order valence-corrected chi connectivity index (χ4v) is 4.90. The summed E-state index contributed by atoms with van der Waals surface area (Å²) in [5.74, 6) is 0.720. The number of benzene rings is 2. The van der Waals surface area contributed by atoms with E-state index in [1.807, 2.05) is 27.7 Å². The molecule has 4 rings (SSSR count). The van der Waals surface area contributed by atoms with Crippen molar-refractivity contribution < 1.29 is 5.11 Å². The van der Waals surface area contributed by atoms with E-state index in [1.54, 1.807) is 41.1 Å². The van der Waals surface area contributed by atoms with Crippen LogP contribution in [0.2, 0.25) is 20.1 Å². The van der Waals surface area contributed by atoms with Gasteiger partial charge in [-0.25, -0.2) is 9.36 Å². The van der Waals surface area contributed by atoms with E-state index in [-0.39, 0.29) is 18.4 Å². The first-order valence-electron chi connectivity index (χ1n) is 11.1. The smallest absolute Gasteiger partial charge is 0.104 e. The van der Waals surface area contributed by atoms with E-state index in [2.05, 4.69) is 20.6 Å². The van der Waals surface area contributed by atoms with Crippen LogP contribution in [-0.2, 0) is 12.5 Å². The van der Waals surface area contributed by atoms with Gasteiger partial charge in [-0.3, -0.25) is 0 Å². The SMILES string of the molecule is CC(C)c1nnn(-c2c(Cl)cccc2Cl)c1CCl.CC(C)c1nnn(-c2c(Cl)cccc2Cl)c1CO. The molecule has 0 aliphatic heterocycles. The van der Waals surface area contributed by atoms with Gasteiger partial charge in [-0.15, -0.1) is 21.8 Å². The molecule has 0 saturated carbocycles. The minimum Gasteiger partial charge on any atom is -0.390 e. The van der Waals surface area contributed by atoms with Gasteiger partial charge in [0.25, 0.3) is 0 Å². The Kier molecular flexibility index (Phi) is 10.0. The normalized spacial score (nSPS) is 11.2. The minimum absolute atomic E-state index is 0.165. The standard InChI is InChI=1S/C12H12Cl3N3.C12H13Cl2N3O/c1-7(2)11-10(6-13)18(17-16-11)12-8(14)4-3-5-9(12)15;1-7(2)11-10(6-18)17(16-15-11)12-8(13)4-3-5-9(12)14/h3-5,7H,6H2,1-2H3;3-5,7,18H,6H2,1-2H3. The molecule has 2 heterocycles. The Hall–Kier alpha value is -1.87. The van der Waals surface area contributed by atoms with Crippen molar-refractivity contribution in [1.29, 1.82) is 0 Å². The highest BCUT2D eigenvalue weighted by Gasteiger charge is 2.20. The Morgan fingerprint density at radius 2 is 1.06 bits per heavy atom. The first-order chi connectivity index (χ1) is 17.1. The van der Waals surface area contributed by atoms with Gasteiger partial charge in [0.15, 0.2) is 0 Å². The van der Waals surface area contributed by atoms with E-state index < -0.39 is 0 Å². The third-order valence-electron chi connectivity index (χ3n) is 5.26. The first kappa shape index (κ1) is 28.7. The fourth-order valence-electron chi connectivity index (χ4n) is 3.54. The van der Waals surface area contributed by atoms with Gasteiger partial charge in [-0.1, -0.05) is 96.7 Å². The number of aromatic nitrogens is 6. The zero-order chi connectivity index (χ0) is 26.6. The molecule has 4 aromatic rings. The van der Waals surface area contributed by atoms with E-state index in [1.165, 1.54) is 4.68 Å². The van der Waals surface area contributed by atoms with Crippen LogP contribution >= 0.6 is 58.0 Å². The predicted molar refractivity (Wildman–Crippen MR) is 146 cm³/mol. The zero-order valence-corrected chi connectivity index (χ0v) is 23.8. The largest absolute Gasteiger partial charge is 0.390 e. The van der Waals surface area contributed by atoms with Crippen LogP contribution in [-0.4, -0.2) is 35.1 Å². The molecule has 0 aliphatic rings. The van der Waals surface area contributed by atoms with Crippen LogP contribution < -0.4 is 0 Å². The Morgan fingerprint density at radius 1 is 0.694 bits per heavy atom. The number of alkyl halides is 1. The van der Waals surface area contributed by atoms with E-state index in [0.717, 1.165) is 17.1 Å². The lowest BCUT2D eigenvalue weighted by molar-refractivity contribution is 0.271. The highest BCUT2D eigenvalue weighted by Crippen LogP contribution is 2.32. The summed E-state index contributed by atoms with van der Waals surface area (Å²) in [4.78, 5) is 0. The molecule has 192 valence electrons. The third kappa shape index (κ3) is 5.98. The van der Waals surface area contributed by atoms with Crippen LogP contribution in [0.3, 0.4) is 0 Å². The van der Waals surface area contributed by atoms with Crippen molar-refractivity contribution in [1.82, 2.24) is 30.0 Å². The maximum Gasteiger partial charge on any atom is 0.104 e. The summed E-state index contributed by atoms with van der Waals surface area (Å²) < 4.78 is 3.12. The van der Waals surface area contributed by atoms with Crippen LogP contribution in [0.4, 0.5) is 0 Å². The van der Waals surface area contributed by atoms with Crippen LogP contribution in [0.25, 0.3) is 11.4 Å². The van der Waals surface area contributed by atoms with Gasteiger partial charge in [0.2, 0.25) is 0 Å². The molecule has 0 saturated heterocycles. The minimum atomic E-state index is -0.165. The summed E-state index contributed by atoms with van der Waals surface area (Å²) in [5.41, 5.74) is 4.20. The van der Waals surface area contributed by atoms with Crippen LogP contribution in [0.15, 0.2) is 36.4 Å². The van der Waals surface area contributed by atoms with E-state index in [0.29, 0.717) is 43.0 Å². The Bertz CT molecular complexity index is 1190. The summed E-state index contributed by atoms with van der Waals surface area (Å²) in [6.45, 7) is 7.89. The molecule has 1 N–H and O–H groups in total. The van der Waals surface area contributed by atoms with Crippen molar-refractivity contribution in [3.05, 3.63) is 79.3 Å². The molecule has 0 fully saturated rings. The summed E-state index contributed by atoms with van der Waals surface area (Å²) in [5, 5.41) is 27.9. The summed E-state index contributed by atoms with van der Waals surface area (Å²) in [7, 11) is 0. The highest BCUT2D eigenvalue weighted by atomic mass is 35.5. The molecule has 36 heavy (non-hydrogen) atoms. The van der Waals surface area contributed by atoms with Crippen molar-refractivity contribution in [2.24, 2.45) is 0 Å². The molecule has 0 atom stereocenters. The van der Waals surface area contributed by atoms with Gasteiger partial charge >= 0.3 is 0 Å². The monoisotopic (exact) mass is 588 g/mol. The summed E-state index contributed by atoms with van der Waals surface area (Å²) >= 11 is 30.6. The average molecular weight is 591 g/mol. The quantitative estimate of drug-likeness (QED) is 0.234. The maximum atomic E-state index is 9.49. The maximum absolute atomic E-state index is 9.49. The Balaban J connectivity index is 0.000000201. The van der Waals surface area contributed by atoms with Gasteiger partial charge in [-0.05, 0) is 36.1 Å². The van der Waals surface area contributed by atoms with E-state index >= 15 is 0 Å². The van der Waals surface area contributed by atoms with Crippen molar-refractivity contribution in [2.75, 3.05) is 0 Å². The number of hydrogen-bond donors (Lipinski definition) is 1. The molecule has 7 nitrogen and oxygen atoms in total. The Morgan fingerprint density at radius 3 is 1.39 bits per heavy atom. The van der Waals surface area contributed by atoms with Gasteiger partial charge in [0.1, 0.15) is 11.4 Å². The predicted octanol–water partition coefficient (Wildman–Crippen LogP) is 7.63. The molecule has 0 unspecified atom stereocenters. The number of rotatable bonds is 6. The number of para-hydroxylation sites is 2. The van der Waals surface area contributed by atoms with Crippen molar-refractivity contribution >= 4 is 58.0 Å². The highest BCUT2D eigenvalue weighted by molar-refractivity contribution is 6.38. The molecule has 2 aromatic heterocycles. The molecule has 12 heteroatoms. The molecule has 0 aliphatic carbocycles. The number of nitrogens with zero attached hydrogens (tertiary/aromatic N) is 6. The molecular weight excluding hydrogens is 566 g/mol. The zero-order valence-electron chi connectivity index (χ0n) is 20.1. The van der Waals surface area contributed by atoms with Gasteiger partial charge < -0.3 is 5.11 Å². The van der Waals surface area contributed by atoms with Crippen molar-refractivity contribution in [3.63, 3.8) is 0 Å². The van der Waals surface area contributed by atoms with Crippen LogP contribution in [0.5, 0.6) is 0 Å². The number of aliphatic hydroxyl groups is 1. The topological polar surface area (TPSA) is 81.7 Å². The molecule has 0 bridgehead atoms. The Labute approximate surface area is 234 Å². The second-order valence-electron chi connectivity index (χ2n) is 8.41. The number of halogens is 5. The van der Waals surface area contributed by atoms with Crippen LogP contribution in [0, 0.1) is 0 Å². The van der Waals surface area contributed by atoms with Gasteiger partial charge in [-0.2, -0.15) is 0 Å². The lowest BCUT2D eigenvalue weighted by atomic mass is 10.1. The molecule has 0 radical (unpaired) electrons. The number of aliphatic hydroxyl groups excluding tert-OH is 1. The van der Waals surface area contributed by atoms with Crippen molar-refractivity contribution in [3.8, 4) is 11.4 Å². The van der Waals surface area contributed by atoms with Gasteiger partial charge in [0, 0.05) is 0 Å². The molecule has 0 amide bonds. The summed E-state index contributed by atoms with van der Waals surface area (Å²) in [6, 6.07) is 10.5. The van der Waals surface area contributed by atoms with Crippen molar-refractivity contribution in [2.45, 2.75) is 52.0 Å². The summed E-state index contributed by atoms with van der Waals surface area (Å²) in [6.07, 6.45) is 0. The first-order valence-corrected chi connectivity index (χ1v) is 13.1. The van der Waals surface area contributed by atoms with Gasteiger partial charge in [0.05, 0.1) is 55.4 Å².